The molecule has 1 aromatic carbocycles. The first-order valence-corrected chi connectivity index (χ1v) is 9.28. The van der Waals surface area contributed by atoms with E-state index in [1.807, 2.05) is 4.90 Å². The normalized spacial score (nSPS) is 19.6. The number of rotatable bonds is 3. The minimum absolute atomic E-state index is 0.0532. The van der Waals surface area contributed by atoms with E-state index in [2.05, 4.69) is 10.5 Å². The molecule has 2 heterocycles. The zero-order valence-electron chi connectivity index (χ0n) is 14.3. The molecule has 0 radical (unpaired) electrons. The number of hydrogen-bond acceptors (Lipinski definition) is 3. The van der Waals surface area contributed by atoms with E-state index < -0.39 is 0 Å². The van der Waals surface area contributed by atoms with Gasteiger partial charge in [0, 0.05) is 37.0 Å². The molecule has 1 saturated carbocycles. The third-order valence-electron chi connectivity index (χ3n) is 5.65. The predicted molar refractivity (Wildman–Crippen MR) is 92.9 cm³/mol. The fourth-order valence-electron chi connectivity index (χ4n) is 4.14. The van der Waals surface area contributed by atoms with Crippen LogP contribution >= 0.6 is 0 Å². The van der Waals surface area contributed by atoms with Crippen molar-refractivity contribution in [1.82, 2.24) is 15.4 Å². The van der Waals surface area contributed by atoms with E-state index >= 15 is 0 Å². The van der Waals surface area contributed by atoms with Gasteiger partial charge < -0.3 is 14.7 Å². The van der Waals surface area contributed by atoms with Gasteiger partial charge in [-0.3, -0.25) is 0 Å². The topological polar surface area (TPSA) is 58.4 Å². The first-order chi connectivity index (χ1) is 12.2. The number of urea groups is 1. The molecule has 1 N–H and O–H groups in total. The number of halogens is 1. The molecule has 134 valence electrons. The number of likely N-dealkylation sites (tertiary alicyclic amines) is 1. The van der Waals surface area contributed by atoms with Gasteiger partial charge in [-0.2, -0.15) is 0 Å². The van der Waals surface area contributed by atoms with Crippen molar-refractivity contribution in [3.8, 4) is 0 Å². The summed E-state index contributed by atoms with van der Waals surface area (Å²) in [7, 11) is 0. The Morgan fingerprint density at radius 1 is 1.24 bits per heavy atom. The highest BCUT2D eigenvalue weighted by atomic mass is 19.1. The number of amides is 2. The number of carbonyl (C=O) groups excluding carboxylic acids is 1. The minimum atomic E-state index is -0.316. The molecular formula is C19H24FN3O2. The number of nitrogens with zero attached hydrogens (tertiary/aromatic N) is 2. The van der Waals surface area contributed by atoms with Gasteiger partial charge >= 0.3 is 6.03 Å². The van der Waals surface area contributed by atoms with Gasteiger partial charge in [0.15, 0.2) is 5.58 Å². The summed E-state index contributed by atoms with van der Waals surface area (Å²) in [4.78, 5) is 14.2. The Morgan fingerprint density at radius 3 is 2.76 bits per heavy atom. The third kappa shape index (κ3) is 3.48. The SMILES string of the molecule is O=C(NCC1CCCC1)N1CCC(c2noc3cc(F)ccc23)CC1. The zero-order chi connectivity index (χ0) is 17.2. The number of nitrogens with one attached hydrogen (secondary N) is 1. The van der Waals surface area contributed by atoms with Crippen LogP contribution in [-0.2, 0) is 0 Å². The minimum Gasteiger partial charge on any atom is -0.356 e. The molecule has 4 rings (SSSR count). The van der Waals surface area contributed by atoms with Gasteiger partial charge in [-0.15, -0.1) is 0 Å². The van der Waals surface area contributed by atoms with Gasteiger partial charge in [0.05, 0.1) is 5.69 Å². The van der Waals surface area contributed by atoms with E-state index in [1.54, 1.807) is 6.07 Å². The van der Waals surface area contributed by atoms with E-state index in [0.29, 0.717) is 11.5 Å². The van der Waals surface area contributed by atoms with E-state index in [1.165, 1.54) is 37.8 Å². The van der Waals surface area contributed by atoms with Crippen molar-refractivity contribution in [1.29, 1.82) is 0 Å². The molecule has 1 aliphatic heterocycles. The van der Waals surface area contributed by atoms with Crippen LogP contribution in [0.25, 0.3) is 11.0 Å². The standard InChI is InChI=1S/C19H24FN3O2/c20-15-5-6-16-17(11-15)25-22-18(16)14-7-9-23(10-8-14)19(24)21-12-13-3-1-2-4-13/h5-6,11,13-14H,1-4,7-10,12H2,(H,21,24). The molecule has 2 amide bonds. The van der Waals surface area contributed by atoms with E-state index in [4.69, 9.17) is 4.52 Å². The predicted octanol–water partition coefficient (Wildman–Crippen LogP) is 4.05. The molecule has 1 saturated heterocycles. The highest BCUT2D eigenvalue weighted by Crippen LogP contribution is 2.32. The van der Waals surface area contributed by atoms with Crippen LogP contribution in [-0.4, -0.2) is 35.7 Å². The van der Waals surface area contributed by atoms with E-state index in [9.17, 15) is 9.18 Å². The van der Waals surface area contributed by atoms with Crippen LogP contribution in [0.15, 0.2) is 22.7 Å². The van der Waals surface area contributed by atoms with Crippen molar-refractivity contribution in [3.63, 3.8) is 0 Å². The number of fused-ring (bicyclic) bond motifs is 1. The summed E-state index contributed by atoms with van der Waals surface area (Å²) in [6, 6.07) is 4.60. The van der Waals surface area contributed by atoms with Crippen molar-refractivity contribution >= 4 is 17.0 Å². The van der Waals surface area contributed by atoms with Gasteiger partial charge in [-0.05, 0) is 43.7 Å². The van der Waals surface area contributed by atoms with Crippen molar-refractivity contribution < 1.29 is 13.7 Å². The lowest BCUT2D eigenvalue weighted by Gasteiger charge is -2.31. The van der Waals surface area contributed by atoms with Crippen LogP contribution < -0.4 is 5.32 Å². The Labute approximate surface area is 146 Å². The summed E-state index contributed by atoms with van der Waals surface area (Å²) in [5.41, 5.74) is 1.38. The van der Waals surface area contributed by atoms with Crippen LogP contribution in [0.1, 0.15) is 50.1 Å². The maximum Gasteiger partial charge on any atom is 0.317 e. The molecule has 5 nitrogen and oxygen atoms in total. The molecule has 0 bridgehead atoms. The van der Waals surface area contributed by atoms with Gasteiger partial charge in [0.1, 0.15) is 5.82 Å². The Hall–Kier alpha value is -2.11. The average Bonchev–Trinajstić information content (AvgIpc) is 3.29. The maximum atomic E-state index is 13.3. The summed E-state index contributed by atoms with van der Waals surface area (Å²) >= 11 is 0. The Bertz CT molecular complexity index is 746. The van der Waals surface area contributed by atoms with Gasteiger partial charge in [0.25, 0.3) is 0 Å². The van der Waals surface area contributed by atoms with Crippen LogP contribution in [0.5, 0.6) is 0 Å². The first-order valence-electron chi connectivity index (χ1n) is 9.28. The molecule has 2 fully saturated rings. The summed E-state index contributed by atoms with van der Waals surface area (Å²) in [5, 5.41) is 8.13. The van der Waals surface area contributed by atoms with Crippen LogP contribution in [0.4, 0.5) is 9.18 Å². The van der Waals surface area contributed by atoms with Gasteiger partial charge in [-0.1, -0.05) is 18.0 Å². The second-order valence-corrected chi connectivity index (χ2v) is 7.31. The van der Waals surface area contributed by atoms with Gasteiger partial charge in [-0.25, -0.2) is 9.18 Å². The van der Waals surface area contributed by atoms with Gasteiger partial charge in [0.2, 0.25) is 0 Å². The van der Waals surface area contributed by atoms with E-state index in [0.717, 1.165) is 43.6 Å². The smallest absolute Gasteiger partial charge is 0.317 e. The molecular weight excluding hydrogens is 321 g/mol. The first kappa shape index (κ1) is 16.4. The molecule has 1 aromatic heterocycles. The molecule has 2 aliphatic rings. The number of benzene rings is 1. The number of aromatic nitrogens is 1. The molecule has 1 aliphatic carbocycles. The quantitative estimate of drug-likeness (QED) is 0.913. The highest BCUT2D eigenvalue weighted by Gasteiger charge is 2.27. The lowest BCUT2D eigenvalue weighted by molar-refractivity contribution is 0.179. The molecule has 0 unspecified atom stereocenters. The molecule has 2 aromatic rings. The number of carbonyl (C=O) groups is 1. The number of piperidine rings is 1. The monoisotopic (exact) mass is 345 g/mol. The van der Waals surface area contributed by atoms with Crippen molar-refractivity contribution in [2.45, 2.75) is 44.4 Å². The van der Waals surface area contributed by atoms with Crippen molar-refractivity contribution in [2.24, 2.45) is 5.92 Å². The maximum absolute atomic E-state index is 13.3. The second kappa shape index (κ2) is 7.02. The Kier molecular flexibility index (Phi) is 4.59. The fourth-order valence-corrected chi connectivity index (χ4v) is 4.14. The highest BCUT2D eigenvalue weighted by molar-refractivity contribution is 5.80. The molecule has 0 atom stereocenters. The van der Waals surface area contributed by atoms with Crippen LogP contribution in [0.3, 0.4) is 0 Å². The average molecular weight is 345 g/mol. The van der Waals surface area contributed by atoms with Crippen molar-refractivity contribution in [3.05, 3.63) is 29.7 Å². The molecule has 0 spiro atoms. The summed E-state index contributed by atoms with van der Waals surface area (Å²) in [6.07, 6.45) is 6.78. The summed E-state index contributed by atoms with van der Waals surface area (Å²) in [5.74, 6) is 0.595. The second-order valence-electron chi connectivity index (χ2n) is 7.31. The summed E-state index contributed by atoms with van der Waals surface area (Å²) < 4.78 is 18.5. The fraction of sp³-hybridized carbons (Fsp3) is 0.579. The molecule has 6 heteroatoms. The van der Waals surface area contributed by atoms with Crippen LogP contribution in [0.2, 0.25) is 0 Å². The Balaban J connectivity index is 1.33. The molecule has 25 heavy (non-hydrogen) atoms. The summed E-state index contributed by atoms with van der Waals surface area (Å²) in [6.45, 7) is 2.24. The lowest BCUT2D eigenvalue weighted by atomic mass is 9.92. The lowest BCUT2D eigenvalue weighted by Crippen LogP contribution is -2.45. The number of hydrogen-bond donors (Lipinski definition) is 1. The largest absolute Gasteiger partial charge is 0.356 e. The van der Waals surface area contributed by atoms with Crippen LogP contribution in [0, 0.1) is 11.7 Å². The Morgan fingerprint density at radius 2 is 2.00 bits per heavy atom. The zero-order valence-corrected chi connectivity index (χ0v) is 14.3. The third-order valence-corrected chi connectivity index (χ3v) is 5.65. The van der Waals surface area contributed by atoms with Crippen molar-refractivity contribution in [2.75, 3.05) is 19.6 Å². The van der Waals surface area contributed by atoms with E-state index in [-0.39, 0.29) is 17.8 Å².